The average Bonchev–Trinajstić information content (AvgIpc) is 2.68. The Kier molecular flexibility index (Phi) is 6.57. The van der Waals surface area contributed by atoms with Crippen molar-refractivity contribution in [2.24, 2.45) is 0 Å². The Balaban J connectivity index is 1.73. The van der Waals surface area contributed by atoms with Gasteiger partial charge in [-0.05, 0) is 42.3 Å². The van der Waals surface area contributed by atoms with Gasteiger partial charge in [0.15, 0.2) is 0 Å². The molecule has 1 saturated heterocycles. The Morgan fingerprint density at radius 1 is 1.17 bits per heavy atom. The van der Waals surface area contributed by atoms with Gasteiger partial charge in [0.2, 0.25) is 0 Å². The van der Waals surface area contributed by atoms with E-state index >= 15 is 0 Å². The quantitative estimate of drug-likeness (QED) is 0.606. The molecule has 2 aromatic rings. The molecule has 2 aromatic carbocycles. The van der Waals surface area contributed by atoms with Crippen LogP contribution in [0.15, 0.2) is 48.5 Å². The second kappa shape index (κ2) is 8.95. The van der Waals surface area contributed by atoms with Crippen LogP contribution in [0.25, 0.3) is 11.1 Å². The molecule has 2 unspecified atom stereocenters. The Morgan fingerprint density at radius 3 is 2.55 bits per heavy atom. The van der Waals surface area contributed by atoms with Gasteiger partial charge in [-0.25, -0.2) is 4.79 Å². The van der Waals surface area contributed by atoms with Crippen molar-refractivity contribution in [3.8, 4) is 16.9 Å². The van der Waals surface area contributed by atoms with Gasteiger partial charge in [-0.2, -0.15) is 13.2 Å². The predicted octanol–water partition coefficient (Wildman–Crippen LogP) is 5.94. The van der Waals surface area contributed by atoms with Gasteiger partial charge in [0.25, 0.3) is 0 Å². The summed E-state index contributed by atoms with van der Waals surface area (Å²) in [6, 6.07) is 12.5. The monoisotopic (exact) mass is 427 g/mol. The standard InChI is InChI=1S/C21H21ClF3NO3/c1-2-28-20(27)26-11-10-18(13-19(26)21(23,24)25)29-17-5-3-4-15(12-17)14-6-8-16(22)9-7-14/h3-9,12,18-19H,2,10-11,13H2,1H3. The number of alkyl halides is 3. The van der Waals surface area contributed by atoms with Crippen molar-refractivity contribution in [2.45, 2.75) is 38.1 Å². The lowest BCUT2D eigenvalue weighted by Gasteiger charge is -2.39. The number of hydrogen-bond acceptors (Lipinski definition) is 3. The number of benzene rings is 2. The molecule has 1 aliphatic rings. The van der Waals surface area contributed by atoms with E-state index in [9.17, 15) is 18.0 Å². The van der Waals surface area contributed by atoms with Gasteiger partial charge in [0, 0.05) is 24.4 Å². The number of halogens is 4. The minimum absolute atomic E-state index is 0.0251. The summed E-state index contributed by atoms with van der Waals surface area (Å²) in [5.41, 5.74) is 1.79. The Bertz CT molecular complexity index is 842. The summed E-state index contributed by atoms with van der Waals surface area (Å²) >= 11 is 5.91. The second-order valence-corrected chi connectivity index (χ2v) is 7.19. The van der Waals surface area contributed by atoms with Crippen molar-refractivity contribution in [1.82, 2.24) is 4.90 Å². The van der Waals surface area contributed by atoms with E-state index in [2.05, 4.69) is 0 Å². The first-order valence-electron chi connectivity index (χ1n) is 9.30. The van der Waals surface area contributed by atoms with Crippen molar-refractivity contribution < 1.29 is 27.4 Å². The van der Waals surface area contributed by atoms with Gasteiger partial charge in [-0.3, -0.25) is 4.90 Å². The zero-order valence-electron chi connectivity index (χ0n) is 15.8. The summed E-state index contributed by atoms with van der Waals surface area (Å²) in [6.07, 6.45) is -6.21. The van der Waals surface area contributed by atoms with Crippen molar-refractivity contribution in [3.05, 3.63) is 53.6 Å². The maximum atomic E-state index is 13.5. The van der Waals surface area contributed by atoms with E-state index in [0.29, 0.717) is 10.8 Å². The van der Waals surface area contributed by atoms with Crippen LogP contribution in [0.5, 0.6) is 5.75 Å². The molecular weight excluding hydrogens is 407 g/mol. The van der Waals surface area contributed by atoms with E-state index in [0.717, 1.165) is 16.0 Å². The van der Waals surface area contributed by atoms with Crippen LogP contribution < -0.4 is 4.74 Å². The van der Waals surface area contributed by atoms with Crippen LogP contribution in [0.4, 0.5) is 18.0 Å². The van der Waals surface area contributed by atoms with Gasteiger partial charge in [-0.1, -0.05) is 35.9 Å². The summed E-state index contributed by atoms with van der Waals surface area (Å²) in [5, 5.41) is 0.618. The molecule has 1 fully saturated rings. The van der Waals surface area contributed by atoms with Gasteiger partial charge >= 0.3 is 12.3 Å². The first-order chi connectivity index (χ1) is 13.8. The van der Waals surface area contributed by atoms with Crippen LogP contribution in [0.1, 0.15) is 19.8 Å². The largest absolute Gasteiger partial charge is 0.490 e. The van der Waals surface area contributed by atoms with Crippen molar-refractivity contribution in [2.75, 3.05) is 13.2 Å². The third kappa shape index (κ3) is 5.35. The lowest BCUT2D eigenvalue weighted by molar-refractivity contribution is -0.192. The molecular formula is C21H21ClF3NO3. The highest BCUT2D eigenvalue weighted by Crippen LogP contribution is 2.34. The summed E-state index contributed by atoms with van der Waals surface area (Å²) in [4.78, 5) is 12.6. The molecule has 4 nitrogen and oxygen atoms in total. The van der Waals surface area contributed by atoms with Crippen LogP contribution in [0.3, 0.4) is 0 Å². The number of carbonyl (C=O) groups excluding carboxylic acids is 1. The summed E-state index contributed by atoms with van der Waals surface area (Å²) in [6.45, 7) is 1.51. The van der Waals surface area contributed by atoms with Crippen LogP contribution in [-0.2, 0) is 4.74 Å². The zero-order chi connectivity index (χ0) is 21.0. The molecule has 1 heterocycles. The molecule has 0 bridgehead atoms. The summed E-state index contributed by atoms with van der Waals surface area (Å²) < 4.78 is 51.1. The van der Waals surface area contributed by atoms with E-state index in [1.54, 1.807) is 37.3 Å². The molecule has 0 radical (unpaired) electrons. The molecule has 2 atom stereocenters. The highest BCUT2D eigenvalue weighted by molar-refractivity contribution is 6.30. The van der Waals surface area contributed by atoms with Crippen LogP contribution in [0.2, 0.25) is 5.02 Å². The first kappa shape index (κ1) is 21.3. The number of piperidine rings is 1. The number of hydrogen-bond donors (Lipinski definition) is 0. The molecule has 1 amide bonds. The van der Waals surface area contributed by atoms with E-state index in [4.69, 9.17) is 21.1 Å². The third-order valence-electron chi connectivity index (χ3n) is 4.75. The number of carbonyl (C=O) groups is 1. The smallest absolute Gasteiger partial charge is 0.410 e. The lowest BCUT2D eigenvalue weighted by Crippen LogP contribution is -2.55. The molecule has 1 aliphatic heterocycles. The van der Waals surface area contributed by atoms with Crippen molar-refractivity contribution in [1.29, 1.82) is 0 Å². The number of rotatable bonds is 4. The zero-order valence-corrected chi connectivity index (χ0v) is 16.5. The summed E-state index contributed by atoms with van der Waals surface area (Å²) in [5.74, 6) is 0.480. The second-order valence-electron chi connectivity index (χ2n) is 6.75. The summed E-state index contributed by atoms with van der Waals surface area (Å²) in [7, 11) is 0. The van der Waals surface area contributed by atoms with E-state index in [-0.39, 0.29) is 26.0 Å². The maximum absolute atomic E-state index is 13.5. The Morgan fingerprint density at radius 2 is 1.90 bits per heavy atom. The minimum atomic E-state index is -4.56. The normalized spacial score (nSPS) is 19.7. The number of nitrogens with zero attached hydrogens (tertiary/aromatic N) is 1. The van der Waals surface area contributed by atoms with Gasteiger partial charge in [-0.15, -0.1) is 0 Å². The fourth-order valence-corrected chi connectivity index (χ4v) is 3.49. The third-order valence-corrected chi connectivity index (χ3v) is 5.00. The Hall–Kier alpha value is -2.41. The SMILES string of the molecule is CCOC(=O)N1CCC(Oc2cccc(-c3ccc(Cl)cc3)c2)CC1C(F)(F)F. The van der Waals surface area contributed by atoms with E-state index in [1.807, 2.05) is 18.2 Å². The fraction of sp³-hybridized carbons (Fsp3) is 0.381. The number of likely N-dealkylation sites (tertiary alicyclic amines) is 1. The van der Waals surface area contributed by atoms with E-state index < -0.39 is 24.4 Å². The molecule has 0 aliphatic carbocycles. The van der Waals surface area contributed by atoms with Gasteiger partial charge in [0.05, 0.1) is 6.61 Å². The molecule has 3 rings (SSSR count). The molecule has 29 heavy (non-hydrogen) atoms. The Labute approximate surface area is 172 Å². The molecule has 8 heteroatoms. The lowest BCUT2D eigenvalue weighted by atomic mass is 9.99. The van der Waals surface area contributed by atoms with Crippen LogP contribution >= 0.6 is 11.6 Å². The molecule has 0 saturated carbocycles. The minimum Gasteiger partial charge on any atom is -0.490 e. The maximum Gasteiger partial charge on any atom is 0.410 e. The number of amides is 1. The molecule has 0 N–H and O–H groups in total. The highest BCUT2D eigenvalue weighted by atomic mass is 35.5. The van der Waals surface area contributed by atoms with Crippen LogP contribution in [0, 0.1) is 0 Å². The number of ether oxygens (including phenoxy) is 2. The predicted molar refractivity (Wildman–Crippen MR) is 104 cm³/mol. The van der Waals surface area contributed by atoms with Gasteiger partial charge in [0.1, 0.15) is 17.9 Å². The first-order valence-corrected chi connectivity index (χ1v) is 9.68. The van der Waals surface area contributed by atoms with Crippen LogP contribution in [-0.4, -0.2) is 42.5 Å². The average molecular weight is 428 g/mol. The molecule has 0 aromatic heterocycles. The van der Waals surface area contributed by atoms with Gasteiger partial charge < -0.3 is 9.47 Å². The molecule has 0 spiro atoms. The topological polar surface area (TPSA) is 38.8 Å². The highest BCUT2D eigenvalue weighted by Gasteiger charge is 2.49. The van der Waals surface area contributed by atoms with E-state index in [1.165, 1.54) is 0 Å². The van der Waals surface area contributed by atoms with Crippen molar-refractivity contribution in [3.63, 3.8) is 0 Å². The van der Waals surface area contributed by atoms with Crippen molar-refractivity contribution >= 4 is 17.7 Å². The molecule has 156 valence electrons. The fourth-order valence-electron chi connectivity index (χ4n) is 3.36.